The Labute approximate surface area is 163 Å². The second-order valence-electron chi connectivity index (χ2n) is 7.57. The molecule has 1 saturated carbocycles. The first-order valence-electron chi connectivity index (χ1n) is 10.0. The lowest BCUT2D eigenvalue weighted by Crippen LogP contribution is -2.46. The molecule has 1 aromatic carbocycles. The van der Waals surface area contributed by atoms with Crippen molar-refractivity contribution in [1.82, 2.24) is 25.2 Å². The number of nitrogens with zero attached hydrogens (tertiary/aromatic N) is 6. The molecule has 28 heavy (non-hydrogen) atoms. The Kier molecular flexibility index (Phi) is 4.78. The highest BCUT2D eigenvalue weighted by Gasteiger charge is 2.21. The van der Waals surface area contributed by atoms with E-state index in [9.17, 15) is 0 Å². The minimum absolute atomic E-state index is 0.288. The van der Waals surface area contributed by atoms with Crippen molar-refractivity contribution in [3.05, 3.63) is 36.4 Å². The minimum atomic E-state index is 0.288. The van der Waals surface area contributed by atoms with Gasteiger partial charge in [-0.1, -0.05) is 10.3 Å². The summed E-state index contributed by atoms with van der Waals surface area (Å²) in [4.78, 5) is 13.6. The Morgan fingerprint density at radius 3 is 2.71 bits per heavy atom. The maximum absolute atomic E-state index is 6.21. The predicted octanol–water partition coefficient (Wildman–Crippen LogP) is 2.66. The quantitative estimate of drug-likeness (QED) is 0.668. The van der Waals surface area contributed by atoms with E-state index < -0.39 is 0 Å². The van der Waals surface area contributed by atoms with Gasteiger partial charge in [-0.15, -0.1) is 0 Å². The standard InChI is InChI=1S/C20H24N6O2/c1-2-4-17(3-1)27-20-18-11-16(5-6-19(18)21-14-22-20)26-9-7-25(8-10-26)13-15-12-23-28-24-15/h5-6,11-12,14,17H,1-4,7-10,13H2. The average molecular weight is 380 g/mol. The lowest BCUT2D eigenvalue weighted by Gasteiger charge is -2.35. The molecule has 146 valence electrons. The van der Waals surface area contributed by atoms with Crippen molar-refractivity contribution in [1.29, 1.82) is 0 Å². The molecule has 3 heterocycles. The summed E-state index contributed by atoms with van der Waals surface area (Å²) >= 11 is 0. The summed E-state index contributed by atoms with van der Waals surface area (Å²) in [5.41, 5.74) is 3.01. The third kappa shape index (κ3) is 3.64. The average Bonchev–Trinajstić information content (AvgIpc) is 3.43. The van der Waals surface area contributed by atoms with Crippen LogP contribution in [0, 0.1) is 0 Å². The van der Waals surface area contributed by atoms with Crippen molar-refractivity contribution in [2.45, 2.75) is 38.3 Å². The molecular weight excluding hydrogens is 356 g/mol. The molecule has 0 atom stereocenters. The summed E-state index contributed by atoms with van der Waals surface area (Å²) in [7, 11) is 0. The fourth-order valence-corrected chi connectivity index (χ4v) is 4.12. The molecule has 0 radical (unpaired) electrons. The first-order valence-corrected chi connectivity index (χ1v) is 10.0. The topological polar surface area (TPSA) is 80.4 Å². The molecule has 0 unspecified atom stereocenters. The van der Waals surface area contributed by atoms with Gasteiger partial charge in [-0.25, -0.2) is 14.6 Å². The van der Waals surface area contributed by atoms with Crippen molar-refractivity contribution in [3.8, 4) is 5.88 Å². The van der Waals surface area contributed by atoms with Crippen molar-refractivity contribution < 1.29 is 9.37 Å². The van der Waals surface area contributed by atoms with Crippen LogP contribution in [0.25, 0.3) is 10.9 Å². The van der Waals surface area contributed by atoms with Gasteiger partial charge in [0.05, 0.1) is 17.1 Å². The molecule has 0 amide bonds. The number of rotatable bonds is 5. The Morgan fingerprint density at radius 2 is 1.93 bits per heavy atom. The van der Waals surface area contributed by atoms with Crippen molar-refractivity contribution in [3.63, 3.8) is 0 Å². The summed E-state index contributed by atoms with van der Waals surface area (Å²) < 4.78 is 10.9. The molecule has 0 N–H and O–H groups in total. The number of piperazine rings is 1. The van der Waals surface area contributed by atoms with Crippen LogP contribution in [0.1, 0.15) is 31.4 Å². The second-order valence-corrected chi connectivity index (χ2v) is 7.57. The number of ether oxygens (including phenoxy) is 1. The number of anilines is 1. The molecule has 8 heteroatoms. The van der Waals surface area contributed by atoms with Gasteiger partial charge in [-0.2, -0.15) is 0 Å². The summed E-state index contributed by atoms with van der Waals surface area (Å²) in [5.74, 6) is 0.718. The molecule has 1 saturated heterocycles. The highest BCUT2D eigenvalue weighted by molar-refractivity contribution is 5.86. The van der Waals surface area contributed by atoms with Gasteiger partial charge in [-0.3, -0.25) is 4.90 Å². The molecule has 3 aromatic rings. The fourth-order valence-electron chi connectivity index (χ4n) is 4.12. The van der Waals surface area contributed by atoms with Crippen molar-refractivity contribution in [2.75, 3.05) is 31.1 Å². The third-order valence-electron chi connectivity index (χ3n) is 5.69. The maximum Gasteiger partial charge on any atom is 0.224 e. The summed E-state index contributed by atoms with van der Waals surface area (Å²) in [5, 5.41) is 8.58. The van der Waals surface area contributed by atoms with Crippen molar-refractivity contribution in [2.24, 2.45) is 0 Å². The van der Waals surface area contributed by atoms with E-state index in [1.165, 1.54) is 18.5 Å². The van der Waals surface area contributed by atoms with Gasteiger partial charge in [0.1, 0.15) is 18.1 Å². The van der Waals surface area contributed by atoms with E-state index >= 15 is 0 Å². The van der Waals surface area contributed by atoms with Gasteiger partial charge < -0.3 is 9.64 Å². The smallest absolute Gasteiger partial charge is 0.224 e. The molecule has 5 rings (SSSR count). The lowest BCUT2D eigenvalue weighted by molar-refractivity contribution is 0.204. The van der Waals surface area contributed by atoms with Crippen LogP contribution in [0.5, 0.6) is 5.88 Å². The number of aromatic nitrogens is 4. The van der Waals surface area contributed by atoms with Crippen LogP contribution in [0.3, 0.4) is 0 Å². The number of hydrogen-bond donors (Lipinski definition) is 0. The monoisotopic (exact) mass is 380 g/mol. The Bertz CT molecular complexity index is 918. The van der Waals surface area contributed by atoms with Crippen LogP contribution >= 0.6 is 0 Å². The van der Waals surface area contributed by atoms with Crippen LogP contribution < -0.4 is 9.64 Å². The van der Waals surface area contributed by atoms with Gasteiger partial charge in [0, 0.05) is 38.4 Å². The van der Waals surface area contributed by atoms with Gasteiger partial charge in [0.15, 0.2) is 0 Å². The summed E-state index contributed by atoms with van der Waals surface area (Å²) in [6, 6.07) is 6.39. The predicted molar refractivity (Wildman–Crippen MR) is 104 cm³/mol. The summed E-state index contributed by atoms with van der Waals surface area (Å²) in [6.07, 6.45) is 8.30. The zero-order valence-corrected chi connectivity index (χ0v) is 15.8. The van der Waals surface area contributed by atoms with E-state index in [-0.39, 0.29) is 6.10 Å². The van der Waals surface area contributed by atoms with Crippen LogP contribution in [0.15, 0.2) is 35.4 Å². The zero-order chi connectivity index (χ0) is 18.8. The fraction of sp³-hybridized carbons (Fsp3) is 0.500. The molecule has 0 bridgehead atoms. The third-order valence-corrected chi connectivity index (χ3v) is 5.69. The summed E-state index contributed by atoms with van der Waals surface area (Å²) in [6.45, 7) is 4.65. The van der Waals surface area contributed by atoms with Gasteiger partial charge in [0.2, 0.25) is 5.88 Å². The number of hydrogen-bond acceptors (Lipinski definition) is 8. The normalized spacial score (nSPS) is 18.8. The van der Waals surface area contributed by atoms with Crippen LogP contribution in [0.4, 0.5) is 5.69 Å². The molecule has 8 nitrogen and oxygen atoms in total. The molecule has 0 spiro atoms. The Hall–Kier alpha value is -2.74. The molecular formula is C20H24N6O2. The van der Waals surface area contributed by atoms with E-state index in [1.54, 1.807) is 12.5 Å². The van der Waals surface area contributed by atoms with Gasteiger partial charge in [0.25, 0.3) is 0 Å². The first-order chi connectivity index (χ1) is 13.8. The van der Waals surface area contributed by atoms with Gasteiger partial charge >= 0.3 is 0 Å². The SMILES string of the molecule is c1nc(OC2CCCC2)c2cc(N3CCN(Cc4cnon4)CC3)ccc2n1. The highest BCUT2D eigenvalue weighted by Crippen LogP contribution is 2.30. The number of fused-ring (bicyclic) bond motifs is 1. The van der Waals surface area contributed by atoms with E-state index in [1.807, 2.05) is 0 Å². The van der Waals surface area contributed by atoms with E-state index in [2.05, 4.69) is 52.9 Å². The van der Waals surface area contributed by atoms with Crippen LogP contribution in [-0.4, -0.2) is 57.5 Å². The minimum Gasteiger partial charge on any atom is -0.474 e. The van der Waals surface area contributed by atoms with E-state index in [0.717, 1.165) is 68.0 Å². The van der Waals surface area contributed by atoms with E-state index in [4.69, 9.17) is 4.74 Å². The highest BCUT2D eigenvalue weighted by atomic mass is 16.6. The lowest BCUT2D eigenvalue weighted by atomic mass is 10.1. The Balaban J connectivity index is 1.30. The zero-order valence-electron chi connectivity index (χ0n) is 15.8. The molecule has 2 fully saturated rings. The Morgan fingerprint density at radius 1 is 1.07 bits per heavy atom. The molecule has 2 aromatic heterocycles. The van der Waals surface area contributed by atoms with Crippen molar-refractivity contribution >= 4 is 16.6 Å². The van der Waals surface area contributed by atoms with Crippen LogP contribution in [-0.2, 0) is 6.54 Å². The molecule has 2 aliphatic rings. The second kappa shape index (κ2) is 7.71. The molecule has 1 aliphatic heterocycles. The van der Waals surface area contributed by atoms with E-state index in [0.29, 0.717) is 0 Å². The first kappa shape index (κ1) is 17.4. The van der Waals surface area contributed by atoms with Crippen LogP contribution in [0.2, 0.25) is 0 Å². The number of benzene rings is 1. The molecule has 1 aliphatic carbocycles. The largest absolute Gasteiger partial charge is 0.474 e. The van der Waals surface area contributed by atoms with Gasteiger partial charge in [-0.05, 0) is 43.9 Å². The maximum atomic E-state index is 6.21.